The van der Waals surface area contributed by atoms with Crippen molar-refractivity contribution in [2.24, 2.45) is 5.11 Å². The van der Waals surface area contributed by atoms with E-state index in [1.54, 1.807) is 10.7 Å². The number of oxazole rings is 1. The van der Waals surface area contributed by atoms with Crippen LogP contribution in [0.25, 0.3) is 43.8 Å². The zero-order valence-corrected chi connectivity index (χ0v) is 28.6. The van der Waals surface area contributed by atoms with Crippen LogP contribution in [0.1, 0.15) is 38.5 Å². The molecule has 2 amide bonds. The number of nitrogens with two attached hydrogens (primary N) is 2. The minimum Gasteiger partial charge on any atom is -0.424 e. The minimum absolute atomic E-state index is 0.0401. The number of nitrogens with one attached hydrogen (secondary N) is 2. The number of hydrogen-bond acceptors (Lipinski definition) is 14. The molecule has 1 aromatic carbocycles. The molecule has 0 saturated carbocycles. The van der Waals surface area contributed by atoms with Crippen LogP contribution in [-0.4, -0.2) is 109 Å². The molecule has 0 aliphatic heterocycles. The molecule has 0 bridgehead atoms. The number of aryl methyl sites for hydroxylation is 1. The number of azide groups is 1. The van der Waals surface area contributed by atoms with Gasteiger partial charge in [0.25, 0.3) is 6.01 Å². The van der Waals surface area contributed by atoms with Crippen molar-refractivity contribution < 1.29 is 33.0 Å². The number of fused-ring (bicyclic) bond motifs is 2. The van der Waals surface area contributed by atoms with Crippen molar-refractivity contribution in [2.45, 2.75) is 45.1 Å². The summed E-state index contributed by atoms with van der Waals surface area (Å²) in [6, 6.07) is 5.58. The van der Waals surface area contributed by atoms with Crippen molar-refractivity contribution in [1.29, 1.82) is 0 Å². The highest BCUT2D eigenvalue weighted by atomic mass is 16.6. The molecule has 6 N–H and O–H groups in total. The SMILES string of the molecule is [N-]=[N+]=NCCOCCOCCOCCOCCNC(=O)CCCCC(=O)NCCCCn1nc(-c2ccc3oc(N)nc3c2)c2c(N)ncnc21. The van der Waals surface area contributed by atoms with Crippen molar-refractivity contribution >= 4 is 45.8 Å². The second-order valence-electron chi connectivity index (χ2n) is 11.3. The number of unbranched alkanes of at least 4 members (excludes halogenated alkanes) is 2. The normalized spacial score (nSPS) is 11.2. The van der Waals surface area contributed by atoms with E-state index in [9.17, 15) is 9.59 Å². The van der Waals surface area contributed by atoms with Crippen molar-refractivity contribution in [3.8, 4) is 11.3 Å². The Bertz CT molecular complexity index is 1720. The lowest BCUT2D eigenvalue weighted by Crippen LogP contribution is -2.27. The van der Waals surface area contributed by atoms with Crippen LogP contribution in [0.2, 0.25) is 0 Å². The van der Waals surface area contributed by atoms with Gasteiger partial charge in [-0.05, 0) is 49.4 Å². The Labute approximate surface area is 294 Å². The molecule has 3 aromatic heterocycles. The van der Waals surface area contributed by atoms with Crippen LogP contribution < -0.4 is 22.1 Å². The lowest BCUT2D eigenvalue weighted by Gasteiger charge is -2.08. The molecule has 0 aliphatic rings. The van der Waals surface area contributed by atoms with Gasteiger partial charge in [-0.1, -0.05) is 5.11 Å². The Hall–Kier alpha value is -5.07. The van der Waals surface area contributed by atoms with Gasteiger partial charge in [0.15, 0.2) is 11.2 Å². The lowest BCUT2D eigenvalue weighted by molar-refractivity contribution is -0.123. The molecule has 0 aliphatic carbocycles. The van der Waals surface area contributed by atoms with E-state index >= 15 is 0 Å². The first-order valence-electron chi connectivity index (χ1n) is 16.9. The molecule has 0 saturated heterocycles. The Morgan fingerprint density at radius 2 is 1.53 bits per heavy atom. The molecule has 3 heterocycles. The van der Waals surface area contributed by atoms with Gasteiger partial charge in [-0.3, -0.25) is 9.59 Å². The second-order valence-corrected chi connectivity index (χ2v) is 11.3. The molecule has 19 heteroatoms. The van der Waals surface area contributed by atoms with Gasteiger partial charge in [0.05, 0.1) is 58.2 Å². The Morgan fingerprint density at radius 3 is 2.24 bits per heavy atom. The molecular weight excluding hydrogens is 664 g/mol. The summed E-state index contributed by atoms with van der Waals surface area (Å²) in [7, 11) is 0. The van der Waals surface area contributed by atoms with E-state index in [-0.39, 0.29) is 17.8 Å². The van der Waals surface area contributed by atoms with Crippen LogP contribution in [0.3, 0.4) is 0 Å². The molecule has 276 valence electrons. The van der Waals surface area contributed by atoms with Crippen LogP contribution in [0, 0.1) is 0 Å². The third-order valence-corrected chi connectivity index (χ3v) is 7.50. The fraction of sp³-hybridized carbons (Fsp3) is 0.562. The molecule has 19 nitrogen and oxygen atoms in total. The average molecular weight is 711 g/mol. The van der Waals surface area contributed by atoms with E-state index in [1.807, 2.05) is 12.1 Å². The van der Waals surface area contributed by atoms with Crippen LogP contribution in [0.15, 0.2) is 34.1 Å². The number of carbonyl (C=O) groups is 2. The monoisotopic (exact) mass is 710 g/mol. The summed E-state index contributed by atoms with van der Waals surface area (Å²) in [6.07, 6.45) is 4.87. The smallest absolute Gasteiger partial charge is 0.292 e. The van der Waals surface area contributed by atoms with Gasteiger partial charge in [0, 0.05) is 49.5 Å². The number of hydrogen-bond donors (Lipinski definition) is 4. The number of nitrogen functional groups attached to an aromatic ring is 2. The number of nitrogens with zero attached hydrogens (tertiary/aromatic N) is 8. The number of rotatable bonds is 26. The molecule has 51 heavy (non-hydrogen) atoms. The van der Waals surface area contributed by atoms with E-state index in [0.29, 0.717) is 138 Å². The predicted octanol–water partition coefficient (Wildman–Crippen LogP) is 2.75. The summed E-state index contributed by atoms with van der Waals surface area (Å²) in [4.78, 5) is 39.8. The van der Waals surface area contributed by atoms with Gasteiger partial charge in [0.1, 0.15) is 23.4 Å². The highest BCUT2D eigenvalue weighted by Crippen LogP contribution is 2.32. The maximum Gasteiger partial charge on any atom is 0.292 e. The predicted molar refractivity (Wildman–Crippen MR) is 188 cm³/mol. The molecule has 4 aromatic rings. The van der Waals surface area contributed by atoms with Crippen molar-refractivity contribution in [2.75, 3.05) is 84.0 Å². The van der Waals surface area contributed by atoms with Crippen molar-refractivity contribution in [3.63, 3.8) is 0 Å². The summed E-state index contributed by atoms with van der Waals surface area (Å²) < 4.78 is 28.6. The third kappa shape index (κ3) is 13.3. The molecule has 0 spiro atoms. The van der Waals surface area contributed by atoms with Crippen LogP contribution >= 0.6 is 0 Å². The highest BCUT2D eigenvalue weighted by Gasteiger charge is 2.18. The first-order valence-corrected chi connectivity index (χ1v) is 16.9. The van der Waals surface area contributed by atoms with Gasteiger partial charge in [0.2, 0.25) is 11.8 Å². The van der Waals surface area contributed by atoms with Crippen LogP contribution in [-0.2, 0) is 35.1 Å². The molecular formula is C32H46N12O7. The van der Waals surface area contributed by atoms with Gasteiger partial charge in [-0.15, -0.1) is 0 Å². The Morgan fingerprint density at radius 1 is 0.863 bits per heavy atom. The van der Waals surface area contributed by atoms with E-state index in [0.717, 1.165) is 18.4 Å². The maximum atomic E-state index is 12.3. The second kappa shape index (κ2) is 21.9. The topological polar surface area (TPSA) is 266 Å². The molecule has 0 atom stereocenters. The summed E-state index contributed by atoms with van der Waals surface area (Å²) in [5, 5.41) is 14.6. The van der Waals surface area contributed by atoms with Gasteiger partial charge < -0.3 is 45.5 Å². The molecule has 0 radical (unpaired) electrons. The summed E-state index contributed by atoms with van der Waals surface area (Å²) in [5.41, 5.74) is 23.3. The fourth-order valence-corrected chi connectivity index (χ4v) is 5.02. The van der Waals surface area contributed by atoms with Crippen molar-refractivity contribution in [1.82, 2.24) is 35.4 Å². The summed E-state index contributed by atoms with van der Waals surface area (Å²) in [5.74, 6) is 0.220. The summed E-state index contributed by atoms with van der Waals surface area (Å²) >= 11 is 0. The summed E-state index contributed by atoms with van der Waals surface area (Å²) in [6.45, 7) is 5.17. The molecule has 4 rings (SSSR count). The standard InChI is InChI=1S/C32H46N12O7/c33-30-28-29(23-7-8-25-24(21-23)41-32(34)51-25)42-44(31(28)39-22-38-30)12-4-3-9-36-26(45)5-1-2-6-27(46)37-10-13-47-15-17-49-19-20-50-18-16-48-14-11-40-43-35/h7-8,21-22H,1-6,9-20H2,(H2,34,41)(H,36,45)(H,37,46)(H2,33,38,39). The van der Waals surface area contributed by atoms with Gasteiger partial charge >= 0.3 is 0 Å². The third-order valence-electron chi connectivity index (χ3n) is 7.50. The number of ether oxygens (including phenoxy) is 4. The zero-order chi connectivity index (χ0) is 36.1. The van der Waals surface area contributed by atoms with Crippen LogP contribution in [0.5, 0.6) is 0 Å². The quantitative estimate of drug-likeness (QED) is 0.0316. The number of carbonyl (C=O) groups excluding carboxylic acids is 2. The Kier molecular flexibility index (Phi) is 16.6. The number of amides is 2. The molecule has 0 unspecified atom stereocenters. The first kappa shape index (κ1) is 38.7. The van der Waals surface area contributed by atoms with Crippen LogP contribution in [0.4, 0.5) is 11.8 Å². The fourth-order valence-electron chi connectivity index (χ4n) is 5.02. The van der Waals surface area contributed by atoms with E-state index in [4.69, 9.17) is 45.5 Å². The minimum atomic E-state index is -0.0705. The number of benzene rings is 1. The lowest BCUT2D eigenvalue weighted by atomic mass is 10.1. The number of anilines is 2. The van der Waals surface area contributed by atoms with E-state index in [1.165, 1.54) is 6.33 Å². The average Bonchev–Trinajstić information content (AvgIpc) is 3.69. The first-order chi connectivity index (χ1) is 25.0. The highest BCUT2D eigenvalue weighted by molar-refractivity contribution is 5.99. The largest absolute Gasteiger partial charge is 0.424 e. The number of aromatic nitrogens is 5. The van der Waals surface area contributed by atoms with Gasteiger partial charge in [-0.2, -0.15) is 10.1 Å². The van der Waals surface area contributed by atoms with E-state index < -0.39 is 0 Å². The van der Waals surface area contributed by atoms with E-state index in [2.05, 4.69) is 35.6 Å². The zero-order valence-electron chi connectivity index (χ0n) is 28.6. The Balaban J connectivity index is 0.991. The molecule has 0 fully saturated rings. The van der Waals surface area contributed by atoms with Crippen molar-refractivity contribution in [3.05, 3.63) is 35.0 Å². The maximum absolute atomic E-state index is 12.3. The van der Waals surface area contributed by atoms with Gasteiger partial charge in [-0.25, -0.2) is 14.6 Å².